The van der Waals surface area contributed by atoms with Crippen LogP contribution in [0.1, 0.15) is 68.4 Å². The van der Waals surface area contributed by atoms with E-state index in [1.165, 1.54) is 11.1 Å². The summed E-state index contributed by atoms with van der Waals surface area (Å²) in [5.41, 5.74) is 6.43. The lowest BCUT2D eigenvalue weighted by Gasteiger charge is -2.19. The molecule has 4 aromatic rings. The van der Waals surface area contributed by atoms with E-state index in [0.717, 1.165) is 28.8 Å². The van der Waals surface area contributed by atoms with Crippen molar-refractivity contribution in [2.75, 3.05) is 5.32 Å². The zero-order valence-electron chi connectivity index (χ0n) is 19.4. The standard InChI is InChI=1S/C28H30N2O2/c1-6-18(2)21-11-16-25-24(17-21)30-27(32-25)20-9-14-23(15-10-20)29-26(31)19-7-12-22(13-8-19)28(3,4)5/h7-18H,6H2,1-5H3,(H,29,31). The van der Waals surface area contributed by atoms with Crippen molar-refractivity contribution in [1.82, 2.24) is 4.98 Å². The molecule has 1 amide bonds. The van der Waals surface area contributed by atoms with Crippen molar-refractivity contribution in [3.05, 3.63) is 83.4 Å². The van der Waals surface area contributed by atoms with Gasteiger partial charge in [-0.05, 0) is 77.4 Å². The molecule has 1 N–H and O–H groups in total. The van der Waals surface area contributed by atoms with E-state index in [1.807, 2.05) is 54.6 Å². The largest absolute Gasteiger partial charge is 0.436 e. The third-order valence-corrected chi connectivity index (χ3v) is 6.00. The molecule has 1 unspecified atom stereocenters. The highest BCUT2D eigenvalue weighted by molar-refractivity contribution is 6.04. The Balaban J connectivity index is 1.49. The van der Waals surface area contributed by atoms with Gasteiger partial charge in [0.05, 0.1) is 0 Å². The molecule has 0 bridgehead atoms. The average Bonchev–Trinajstić information content (AvgIpc) is 3.22. The molecule has 32 heavy (non-hydrogen) atoms. The van der Waals surface area contributed by atoms with Crippen LogP contribution in [0.3, 0.4) is 0 Å². The molecule has 0 aliphatic rings. The Hall–Kier alpha value is -3.40. The lowest BCUT2D eigenvalue weighted by Crippen LogP contribution is -2.14. The predicted octanol–water partition coefficient (Wildman–Crippen LogP) is 7.56. The van der Waals surface area contributed by atoms with Crippen molar-refractivity contribution in [3.8, 4) is 11.5 Å². The first-order valence-electron chi connectivity index (χ1n) is 11.2. The number of hydrogen-bond acceptors (Lipinski definition) is 3. The van der Waals surface area contributed by atoms with Crippen LogP contribution in [0.25, 0.3) is 22.6 Å². The number of oxazole rings is 1. The number of carbonyl (C=O) groups excluding carboxylic acids is 1. The molecule has 0 aliphatic heterocycles. The third-order valence-electron chi connectivity index (χ3n) is 6.00. The highest BCUT2D eigenvalue weighted by atomic mass is 16.3. The summed E-state index contributed by atoms with van der Waals surface area (Å²) in [6.45, 7) is 10.9. The van der Waals surface area contributed by atoms with Gasteiger partial charge in [-0.2, -0.15) is 0 Å². The minimum atomic E-state index is -0.127. The highest BCUT2D eigenvalue weighted by Gasteiger charge is 2.15. The summed E-state index contributed by atoms with van der Waals surface area (Å²) in [7, 11) is 0. The number of rotatable bonds is 5. The molecule has 4 nitrogen and oxygen atoms in total. The van der Waals surface area contributed by atoms with Crippen LogP contribution < -0.4 is 5.32 Å². The van der Waals surface area contributed by atoms with E-state index in [0.29, 0.717) is 17.4 Å². The summed E-state index contributed by atoms with van der Waals surface area (Å²) >= 11 is 0. The van der Waals surface area contributed by atoms with E-state index in [9.17, 15) is 4.79 Å². The van der Waals surface area contributed by atoms with Gasteiger partial charge in [-0.3, -0.25) is 4.79 Å². The summed E-state index contributed by atoms with van der Waals surface area (Å²) in [5, 5.41) is 2.96. The summed E-state index contributed by atoms with van der Waals surface area (Å²) in [6, 6.07) is 21.5. The van der Waals surface area contributed by atoms with Gasteiger partial charge in [0.15, 0.2) is 5.58 Å². The fourth-order valence-electron chi connectivity index (χ4n) is 3.63. The van der Waals surface area contributed by atoms with Gasteiger partial charge in [-0.1, -0.05) is 52.8 Å². The number of anilines is 1. The predicted molar refractivity (Wildman–Crippen MR) is 131 cm³/mol. The number of nitrogens with zero attached hydrogens (tertiary/aromatic N) is 1. The molecular weight excluding hydrogens is 396 g/mol. The second-order valence-corrected chi connectivity index (χ2v) is 9.41. The first-order chi connectivity index (χ1) is 15.2. The van der Waals surface area contributed by atoms with Gasteiger partial charge in [-0.15, -0.1) is 0 Å². The van der Waals surface area contributed by atoms with Crippen molar-refractivity contribution >= 4 is 22.7 Å². The Kier molecular flexibility index (Phi) is 5.88. The number of nitrogens with one attached hydrogen (secondary N) is 1. The molecule has 0 fully saturated rings. The van der Waals surface area contributed by atoms with Crippen LogP contribution in [-0.2, 0) is 5.41 Å². The van der Waals surface area contributed by atoms with Crippen molar-refractivity contribution in [3.63, 3.8) is 0 Å². The van der Waals surface area contributed by atoms with Crippen LogP contribution in [0, 0.1) is 0 Å². The maximum atomic E-state index is 12.6. The number of amides is 1. The first-order valence-corrected chi connectivity index (χ1v) is 11.2. The molecule has 4 heteroatoms. The molecule has 1 aromatic heterocycles. The molecule has 4 rings (SSSR count). The summed E-state index contributed by atoms with van der Waals surface area (Å²) in [4.78, 5) is 17.3. The number of fused-ring (bicyclic) bond motifs is 1. The van der Waals surface area contributed by atoms with Crippen LogP contribution in [0.2, 0.25) is 0 Å². The fraction of sp³-hybridized carbons (Fsp3) is 0.286. The van der Waals surface area contributed by atoms with Crippen LogP contribution >= 0.6 is 0 Å². The first kappa shape index (κ1) is 21.8. The molecule has 164 valence electrons. The van der Waals surface area contributed by atoms with E-state index >= 15 is 0 Å². The van der Waals surface area contributed by atoms with Gasteiger partial charge in [0, 0.05) is 16.8 Å². The van der Waals surface area contributed by atoms with Crippen molar-refractivity contribution < 1.29 is 9.21 Å². The van der Waals surface area contributed by atoms with Crippen molar-refractivity contribution in [1.29, 1.82) is 0 Å². The Morgan fingerprint density at radius 1 is 1.00 bits per heavy atom. The normalized spacial score (nSPS) is 12.7. The van der Waals surface area contributed by atoms with Gasteiger partial charge < -0.3 is 9.73 Å². The van der Waals surface area contributed by atoms with Gasteiger partial charge in [0.2, 0.25) is 5.89 Å². The average molecular weight is 427 g/mol. The number of hydrogen-bond donors (Lipinski definition) is 1. The van der Waals surface area contributed by atoms with Crippen molar-refractivity contribution in [2.24, 2.45) is 0 Å². The molecule has 0 radical (unpaired) electrons. The summed E-state index contributed by atoms with van der Waals surface area (Å²) in [6.07, 6.45) is 1.09. The van der Waals surface area contributed by atoms with E-state index in [1.54, 1.807) is 0 Å². The highest BCUT2D eigenvalue weighted by Crippen LogP contribution is 2.29. The van der Waals surface area contributed by atoms with Gasteiger partial charge in [0.1, 0.15) is 5.52 Å². The topological polar surface area (TPSA) is 55.1 Å². The lowest BCUT2D eigenvalue weighted by atomic mass is 9.87. The van der Waals surface area contributed by atoms with Crippen molar-refractivity contribution in [2.45, 2.75) is 52.4 Å². The van der Waals surface area contributed by atoms with Crippen LogP contribution in [-0.4, -0.2) is 10.9 Å². The maximum Gasteiger partial charge on any atom is 0.255 e. The van der Waals surface area contributed by atoms with Gasteiger partial charge in [0.25, 0.3) is 5.91 Å². The molecule has 0 spiro atoms. The molecule has 1 atom stereocenters. The molecule has 3 aromatic carbocycles. The SMILES string of the molecule is CCC(C)c1ccc2oc(-c3ccc(NC(=O)c4ccc(C(C)(C)C)cc4)cc3)nc2c1. The van der Waals surface area contributed by atoms with E-state index < -0.39 is 0 Å². The molecule has 0 saturated carbocycles. The quantitative estimate of drug-likeness (QED) is 0.358. The zero-order chi connectivity index (χ0) is 22.9. The third kappa shape index (κ3) is 4.59. The molecule has 1 heterocycles. The maximum absolute atomic E-state index is 12.6. The van der Waals surface area contributed by atoms with E-state index in [4.69, 9.17) is 4.42 Å². The molecular formula is C28H30N2O2. The lowest BCUT2D eigenvalue weighted by molar-refractivity contribution is 0.102. The minimum Gasteiger partial charge on any atom is -0.436 e. The van der Waals surface area contributed by atoms with E-state index in [2.05, 4.69) is 57.1 Å². The summed E-state index contributed by atoms with van der Waals surface area (Å²) < 4.78 is 5.95. The molecule has 0 saturated heterocycles. The number of carbonyl (C=O) groups is 1. The Labute approximate surface area is 189 Å². The Bertz CT molecular complexity index is 1230. The second-order valence-electron chi connectivity index (χ2n) is 9.41. The fourth-order valence-corrected chi connectivity index (χ4v) is 3.63. The van der Waals surface area contributed by atoms with E-state index in [-0.39, 0.29) is 11.3 Å². The zero-order valence-corrected chi connectivity index (χ0v) is 19.4. The Morgan fingerprint density at radius 2 is 1.69 bits per heavy atom. The van der Waals surface area contributed by atoms with Crippen LogP contribution in [0.5, 0.6) is 0 Å². The van der Waals surface area contributed by atoms with Gasteiger partial charge in [-0.25, -0.2) is 4.98 Å². The monoisotopic (exact) mass is 426 g/mol. The molecule has 0 aliphatic carbocycles. The van der Waals surface area contributed by atoms with Crippen LogP contribution in [0.4, 0.5) is 5.69 Å². The minimum absolute atomic E-state index is 0.0609. The number of benzene rings is 3. The van der Waals surface area contributed by atoms with Gasteiger partial charge >= 0.3 is 0 Å². The number of aromatic nitrogens is 1. The second kappa shape index (κ2) is 8.62. The van der Waals surface area contributed by atoms with Crippen LogP contribution in [0.15, 0.2) is 71.1 Å². The summed E-state index contributed by atoms with van der Waals surface area (Å²) in [5.74, 6) is 0.946. The Morgan fingerprint density at radius 3 is 2.31 bits per heavy atom. The smallest absolute Gasteiger partial charge is 0.255 e.